The summed E-state index contributed by atoms with van der Waals surface area (Å²) in [6, 6.07) is 14.5. The molecule has 2 aromatic carbocycles. The minimum Gasteiger partial charge on any atom is -0.302 e. The number of thiazole rings is 1. The molecule has 27 heavy (non-hydrogen) atoms. The molecule has 1 amide bonds. The predicted molar refractivity (Wildman–Crippen MR) is 114 cm³/mol. The Kier molecular flexibility index (Phi) is 5.47. The Morgan fingerprint density at radius 2 is 2.00 bits per heavy atom. The van der Waals surface area contributed by atoms with Gasteiger partial charge in [-0.1, -0.05) is 59.5 Å². The Morgan fingerprint density at radius 3 is 2.81 bits per heavy atom. The summed E-state index contributed by atoms with van der Waals surface area (Å²) in [5.41, 5.74) is 1.92. The molecule has 2 aromatic heterocycles. The van der Waals surface area contributed by atoms with E-state index in [-0.39, 0.29) is 5.91 Å². The van der Waals surface area contributed by atoms with Crippen LogP contribution in [0.1, 0.15) is 11.4 Å². The maximum atomic E-state index is 12.1. The standard InChI is InChI=1S/C19H16N4OS3/c1-12-22-23-19(27-12)25-9-8-17(24)21-18-20-16(11-26-18)15-7-6-13-4-2-3-5-14(13)10-15/h2-7,10-11H,8-9H2,1H3,(H,20,21,24). The quantitative estimate of drug-likeness (QED) is 0.438. The zero-order valence-electron chi connectivity index (χ0n) is 14.5. The van der Waals surface area contributed by atoms with E-state index < -0.39 is 0 Å². The van der Waals surface area contributed by atoms with Gasteiger partial charge in [-0.2, -0.15) is 0 Å². The lowest BCUT2D eigenvalue weighted by molar-refractivity contribution is -0.115. The van der Waals surface area contributed by atoms with Gasteiger partial charge < -0.3 is 5.32 Å². The van der Waals surface area contributed by atoms with Gasteiger partial charge in [-0.25, -0.2) is 4.98 Å². The molecule has 0 bridgehead atoms. The van der Waals surface area contributed by atoms with Crippen LogP contribution < -0.4 is 5.32 Å². The number of rotatable bonds is 6. The van der Waals surface area contributed by atoms with Crippen molar-refractivity contribution in [3.05, 3.63) is 52.9 Å². The second-order valence-electron chi connectivity index (χ2n) is 5.83. The van der Waals surface area contributed by atoms with Crippen LogP contribution in [0.2, 0.25) is 0 Å². The van der Waals surface area contributed by atoms with Crippen LogP contribution in [0.3, 0.4) is 0 Å². The molecule has 0 fully saturated rings. The topological polar surface area (TPSA) is 67.8 Å². The van der Waals surface area contributed by atoms with Crippen LogP contribution in [0.15, 0.2) is 52.2 Å². The number of amides is 1. The highest BCUT2D eigenvalue weighted by Crippen LogP contribution is 2.28. The molecule has 4 rings (SSSR count). The molecule has 0 atom stereocenters. The second-order valence-corrected chi connectivity index (χ2v) is 9.22. The molecule has 0 aliphatic rings. The summed E-state index contributed by atoms with van der Waals surface area (Å²) in [7, 11) is 0. The van der Waals surface area contributed by atoms with Gasteiger partial charge in [0.15, 0.2) is 9.47 Å². The highest BCUT2D eigenvalue weighted by atomic mass is 32.2. The fraction of sp³-hybridized carbons (Fsp3) is 0.158. The van der Waals surface area contributed by atoms with Crippen LogP contribution in [-0.2, 0) is 4.79 Å². The lowest BCUT2D eigenvalue weighted by atomic mass is 10.1. The first-order chi connectivity index (χ1) is 13.2. The summed E-state index contributed by atoms with van der Waals surface area (Å²) in [6.45, 7) is 1.92. The van der Waals surface area contributed by atoms with Gasteiger partial charge >= 0.3 is 0 Å². The van der Waals surface area contributed by atoms with Crippen molar-refractivity contribution in [2.75, 3.05) is 11.1 Å². The Labute approximate surface area is 168 Å². The molecule has 0 saturated heterocycles. The number of anilines is 1. The van der Waals surface area contributed by atoms with Gasteiger partial charge in [0.1, 0.15) is 5.01 Å². The van der Waals surface area contributed by atoms with Crippen LogP contribution in [0, 0.1) is 6.92 Å². The Hall–Kier alpha value is -2.29. The first kappa shape index (κ1) is 18.1. The number of nitrogens with one attached hydrogen (secondary N) is 1. The van der Waals surface area contributed by atoms with E-state index in [4.69, 9.17) is 0 Å². The molecule has 5 nitrogen and oxygen atoms in total. The number of fused-ring (bicyclic) bond motifs is 1. The summed E-state index contributed by atoms with van der Waals surface area (Å²) < 4.78 is 0.896. The molecule has 0 aliphatic heterocycles. The summed E-state index contributed by atoms with van der Waals surface area (Å²) in [5.74, 6) is 0.631. The Balaban J connectivity index is 1.36. The van der Waals surface area contributed by atoms with Crippen molar-refractivity contribution >= 4 is 56.2 Å². The Bertz CT molecular complexity index is 1090. The molecule has 1 N–H and O–H groups in total. The van der Waals surface area contributed by atoms with Crippen molar-refractivity contribution in [3.63, 3.8) is 0 Å². The number of hydrogen-bond donors (Lipinski definition) is 1. The fourth-order valence-corrected chi connectivity index (χ4v) is 5.12. The van der Waals surface area contributed by atoms with Crippen molar-refractivity contribution in [3.8, 4) is 11.3 Å². The number of carbonyl (C=O) groups excluding carboxylic acids is 1. The molecule has 4 aromatic rings. The molecule has 0 saturated carbocycles. The van der Waals surface area contributed by atoms with Crippen LogP contribution in [0.4, 0.5) is 5.13 Å². The van der Waals surface area contributed by atoms with E-state index in [1.807, 2.05) is 24.4 Å². The predicted octanol–water partition coefficient (Wildman–Crippen LogP) is 5.24. The van der Waals surface area contributed by atoms with E-state index in [0.717, 1.165) is 20.6 Å². The molecular weight excluding hydrogens is 396 g/mol. The third kappa shape index (κ3) is 4.52. The van der Waals surface area contributed by atoms with Crippen LogP contribution in [0.5, 0.6) is 0 Å². The van der Waals surface area contributed by atoms with E-state index in [1.54, 1.807) is 23.1 Å². The first-order valence-corrected chi connectivity index (χ1v) is 11.0. The summed E-state index contributed by atoms with van der Waals surface area (Å²) in [4.78, 5) is 16.7. The van der Waals surface area contributed by atoms with Crippen LogP contribution in [-0.4, -0.2) is 26.8 Å². The monoisotopic (exact) mass is 412 g/mol. The first-order valence-electron chi connectivity index (χ1n) is 8.35. The molecule has 2 heterocycles. The average molecular weight is 413 g/mol. The second kappa shape index (κ2) is 8.16. The number of aryl methyl sites for hydroxylation is 1. The van der Waals surface area contributed by atoms with Gasteiger partial charge in [0, 0.05) is 23.1 Å². The number of hydrogen-bond acceptors (Lipinski definition) is 7. The number of aromatic nitrogens is 3. The van der Waals surface area contributed by atoms with Crippen LogP contribution in [0.25, 0.3) is 22.0 Å². The van der Waals surface area contributed by atoms with Gasteiger partial charge in [0.2, 0.25) is 5.91 Å². The number of thioether (sulfide) groups is 1. The van der Waals surface area contributed by atoms with Gasteiger partial charge in [0.25, 0.3) is 0 Å². The van der Waals surface area contributed by atoms with E-state index >= 15 is 0 Å². The maximum absolute atomic E-state index is 12.1. The molecule has 0 aliphatic carbocycles. The lowest BCUT2D eigenvalue weighted by Crippen LogP contribution is -2.11. The van der Waals surface area contributed by atoms with Gasteiger partial charge in [-0.05, 0) is 23.8 Å². The molecular formula is C19H16N4OS3. The van der Waals surface area contributed by atoms with Crippen molar-refractivity contribution in [2.45, 2.75) is 17.7 Å². The van der Waals surface area contributed by atoms with Crippen molar-refractivity contribution in [1.29, 1.82) is 0 Å². The molecule has 0 spiro atoms. The number of carbonyl (C=O) groups is 1. The van der Waals surface area contributed by atoms with E-state index in [9.17, 15) is 4.79 Å². The molecule has 0 unspecified atom stereocenters. The zero-order chi connectivity index (χ0) is 18.6. The molecule has 0 radical (unpaired) electrons. The summed E-state index contributed by atoms with van der Waals surface area (Å²) in [5, 5.41) is 16.8. The summed E-state index contributed by atoms with van der Waals surface area (Å²) in [6.07, 6.45) is 0.411. The van der Waals surface area contributed by atoms with Gasteiger partial charge in [0.05, 0.1) is 5.69 Å². The van der Waals surface area contributed by atoms with Crippen molar-refractivity contribution in [1.82, 2.24) is 15.2 Å². The third-order valence-electron chi connectivity index (χ3n) is 3.86. The van der Waals surface area contributed by atoms with E-state index in [0.29, 0.717) is 17.3 Å². The summed E-state index contributed by atoms with van der Waals surface area (Å²) >= 11 is 4.54. The van der Waals surface area contributed by atoms with Gasteiger partial charge in [-0.15, -0.1) is 21.5 Å². The molecule has 136 valence electrons. The lowest BCUT2D eigenvalue weighted by Gasteiger charge is -2.02. The van der Waals surface area contributed by atoms with Crippen molar-refractivity contribution in [2.24, 2.45) is 0 Å². The minimum absolute atomic E-state index is 0.0388. The maximum Gasteiger partial charge on any atom is 0.226 e. The fourth-order valence-electron chi connectivity index (χ4n) is 2.56. The Morgan fingerprint density at radius 1 is 1.15 bits per heavy atom. The smallest absolute Gasteiger partial charge is 0.226 e. The molecule has 8 heteroatoms. The highest BCUT2D eigenvalue weighted by molar-refractivity contribution is 8.01. The average Bonchev–Trinajstić information content (AvgIpc) is 3.30. The van der Waals surface area contributed by atoms with E-state index in [1.165, 1.54) is 22.1 Å². The SMILES string of the molecule is Cc1nnc(SCCC(=O)Nc2nc(-c3ccc4ccccc4c3)cs2)s1. The van der Waals surface area contributed by atoms with E-state index in [2.05, 4.69) is 50.8 Å². The number of nitrogens with zero attached hydrogens (tertiary/aromatic N) is 3. The normalized spacial score (nSPS) is 11.0. The number of benzene rings is 2. The van der Waals surface area contributed by atoms with Crippen LogP contribution >= 0.6 is 34.4 Å². The largest absolute Gasteiger partial charge is 0.302 e. The third-order valence-corrected chi connectivity index (χ3v) is 6.59. The van der Waals surface area contributed by atoms with Crippen molar-refractivity contribution < 1.29 is 4.79 Å². The van der Waals surface area contributed by atoms with Gasteiger partial charge in [-0.3, -0.25) is 4.79 Å². The minimum atomic E-state index is -0.0388. The zero-order valence-corrected chi connectivity index (χ0v) is 17.0. The highest BCUT2D eigenvalue weighted by Gasteiger charge is 2.10.